The van der Waals surface area contributed by atoms with Crippen molar-refractivity contribution in [2.24, 2.45) is 5.92 Å². The van der Waals surface area contributed by atoms with Crippen LogP contribution in [0.3, 0.4) is 0 Å². The Labute approximate surface area is 123 Å². The number of alkyl halides is 3. The van der Waals surface area contributed by atoms with E-state index in [4.69, 9.17) is 4.74 Å². The van der Waals surface area contributed by atoms with E-state index in [0.29, 0.717) is 19.4 Å². The van der Waals surface area contributed by atoms with Gasteiger partial charge in [0.25, 0.3) is 0 Å². The van der Waals surface area contributed by atoms with Gasteiger partial charge in [0.2, 0.25) is 0 Å². The van der Waals surface area contributed by atoms with E-state index in [2.05, 4.69) is 5.32 Å². The lowest BCUT2D eigenvalue weighted by atomic mass is 9.85. The summed E-state index contributed by atoms with van der Waals surface area (Å²) in [6.45, 7) is 4.47. The van der Waals surface area contributed by atoms with Crippen LogP contribution in [-0.4, -0.2) is 18.8 Å². The van der Waals surface area contributed by atoms with Crippen molar-refractivity contribution in [2.75, 3.05) is 11.9 Å². The summed E-state index contributed by atoms with van der Waals surface area (Å²) in [4.78, 5) is 0. The number of aryl methyl sites for hydroxylation is 1. The molecular formula is C16H22F3NO. The molecule has 2 rings (SSSR count). The minimum atomic E-state index is -4.05. The third kappa shape index (κ3) is 4.29. The molecule has 1 aliphatic carbocycles. The lowest BCUT2D eigenvalue weighted by molar-refractivity contribution is -0.182. The van der Waals surface area contributed by atoms with Crippen LogP contribution in [0.15, 0.2) is 18.2 Å². The van der Waals surface area contributed by atoms with E-state index in [1.54, 1.807) is 0 Å². The maximum absolute atomic E-state index is 12.7. The van der Waals surface area contributed by atoms with Crippen molar-refractivity contribution >= 4 is 5.69 Å². The molecule has 1 aromatic carbocycles. The molecule has 0 amide bonds. The highest BCUT2D eigenvalue weighted by Crippen LogP contribution is 2.38. The Kier molecular flexibility index (Phi) is 5.01. The van der Waals surface area contributed by atoms with Gasteiger partial charge in [-0.1, -0.05) is 6.07 Å². The van der Waals surface area contributed by atoms with Gasteiger partial charge in [0.15, 0.2) is 0 Å². The summed E-state index contributed by atoms with van der Waals surface area (Å²) in [5, 5.41) is 3.34. The number of ether oxygens (including phenoxy) is 1. The third-order valence-electron chi connectivity index (χ3n) is 3.99. The number of anilines is 1. The van der Waals surface area contributed by atoms with Crippen LogP contribution in [0.25, 0.3) is 0 Å². The molecule has 0 spiro atoms. The molecule has 1 saturated carbocycles. The van der Waals surface area contributed by atoms with Crippen LogP contribution in [0, 0.1) is 12.8 Å². The van der Waals surface area contributed by atoms with Crippen molar-refractivity contribution in [3.8, 4) is 5.75 Å². The molecule has 0 bridgehead atoms. The molecule has 118 valence electrons. The molecule has 1 N–H and O–H groups in total. The first kappa shape index (κ1) is 16.0. The lowest BCUT2D eigenvalue weighted by Crippen LogP contribution is -2.32. The Morgan fingerprint density at radius 3 is 2.43 bits per heavy atom. The maximum Gasteiger partial charge on any atom is 0.391 e. The summed E-state index contributed by atoms with van der Waals surface area (Å²) in [5.74, 6) is -0.365. The van der Waals surface area contributed by atoms with E-state index >= 15 is 0 Å². The largest absolute Gasteiger partial charge is 0.492 e. The zero-order chi connectivity index (χ0) is 15.5. The van der Waals surface area contributed by atoms with E-state index in [1.807, 2.05) is 32.0 Å². The highest BCUT2D eigenvalue weighted by molar-refractivity contribution is 5.58. The van der Waals surface area contributed by atoms with E-state index < -0.39 is 12.1 Å². The first-order chi connectivity index (χ1) is 9.90. The molecule has 0 heterocycles. The molecule has 0 atom stereocenters. The Morgan fingerprint density at radius 1 is 1.19 bits per heavy atom. The second kappa shape index (κ2) is 6.58. The van der Waals surface area contributed by atoms with Crippen LogP contribution >= 0.6 is 0 Å². The highest BCUT2D eigenvalue weighted by Gasteiger charge is 2.41. The van der Waals surface area contributed by atoms with Crippen molar-refractivity contribution < 1.29 is 17.9 Å². The molecule has 0 radical (unpaired) electrons. The average molecular weight is 301 g/mol. The molecule has 0 aliphatic heterocycles. The zero-order valence-corrected chi connectivity index (χ0v) is 12.5. The number of halogens is 3. The molecule has 0 unspecified atom stereocenters. The van der Waals surface area contributed by atoms with Gasteiger partial charge in [-0.2, -0.15) is 13.2 Å². The van der Waals surface area contributed by atoms with Crippen molar-refractivity contribution in [1.29, 1.82) is 0 Å². The Balaban J connectivity index is 1.97. The van der Waals surface area contributed by atoms with Crippen molar-refractivity contribution in [1.82, 2.24) is 0 Å². The SMILES string of the molecule is CCOc1cc(C)ccc1NC1CCC(C(F)(F)F)CC1. The first-order valence-electron chi connectivity index (χ1n) is 7.47. The Hall–Kier alpha value is -1.39. The quantitative estimate of drug-likeness (QED) is 0.851. The molecule has 1 fully saturated rings. The smallest absolute Gasteiger partial charge is 0.391 e. The standard InChI is InChI=1S/C16H22F3NO/c1-3-21-15-10-11(2)4-9-14(15)20-13-7-5-12(6-8-13)16(17,18)19/h4,9-10,12-13,20H,3,5-8H2,1-2H3. The predicted octanol–water partition coefficient (Wildman–Crippen LogP) is 4.93. The van der Waals surface area contributed by atoms with Crippen LogP contribution in [-0.2, 0) is 0 Å². The number of hydrogen-bond acceptors (Lipinski definition) is 2. The fourth-order valence-electron chi connectivity index (χ4n) is 2.81. The fourth-order valence-corrected chi connectivity index (χ4v) is 2.81. The number of rotatable bonds is 4. The van der Waals surface area contributed by atoms with Gasteiger partial charge in [-0.25, -0.2) is 0 Å². The van der Waals surface area contributed by atoms with Crippen LogP contribution in [0.1, 0.15) is 38.2 Å². The summed E-state index contributed by atoms with van der Waals surface area (Å²) in [5.41, 5.74) is 1.97. The number of nitrogens with one attached hydrogen (secondary N) is 1. The van der Waals surface area contributed by atoms with E-state index in [9.17, 15) is 13.2 Å². The molecule has 2 nitrogen and oxygen atoms in total. The van der Waals surface area contributed by atoms with Crippen molar-refractivity contribution in [3.05, 3.63) is 23.8 Å². The summed E-state index contributed by atoms with van der Waals surface area (Å²) < 4.78 is 43.6. The molecule has 1 aromatic rings. The Bertz CT molecular complexity index is 465. The van der Waals surface area contributed by atoms with Gasteiger partial charge in [0, 0.05) is 6.04 Å². The minimum Gasteiger partial charge on any atom is -0.492 e. The Morgan fingerprint density at radius 2 is 1.86 bits per heavy atom. The van der Waals surface area contributed by atoms with Crippen molar-refractivity contribution in [2.45, 2.75) is 51.7 Å². The second-order valence-electron chi connectivity index (χ2n) is 5.67. The van der Waals surface area contributed by atoms with Crippen LogP contribution in [0.5, 0.6) is 5.75 Å². The normalized spacial score (nSPS) is 22.9. The molecular weight excluding hydrogens is 279 g/mol. The lowest BCUT2D eigenvalue weighted by Gasteiger charge is -2.31. The van der Waals surface area contributed by atoms with Gasteiger partial charge in [0.1, 0.15) is 5.75 Å². The zero-order valence-electron chi connectivity index (χ0n) is 12.5. The summed E-state index contributed by atoms with van der Waals surface area (Å²) >= 11 is 0. The minimum absolute atomic E-state index is 0.0884. The van der Waals surface area contributed by atoms with Gasteiger partial charge >= 0.3 is 6.18 Å². The van der Waals surface area contributed by atoms with Crippen LogP contribution in [0.4, 0.5) is 18.9 Å². The maximum atomic E-state index is 12.7. The molecule has 21 heavy (non-hydrogen) atoms. The van der Waals surface area contributed by atoms with Crippen LogP contribution < -0.4 is 10.1 Å². The summed E-state index contributed by atoms with van der Waals surface area (Å²) in [6, 6.07) is 5.96. The van der Waals surface area contributed by atoms with Gasteiger partial charge in [0.05, 0.1) is 18.2 Å². The fraction of sp³-hybridized carbons (Fsp3) is 0.625. The number of hydrogen-bond donors (Lipinski definition) is 1. The van der Waals surface area contributed by atoms with E-state index in [0.717, 1.165) is 17.0 Å². The predicted molar refractivity (Wildman–Crippen MR) is 77.8 cm³/mol. The van der Waals surface area contributed by atoms with Gasteiger partial charge in [-0.05, 0) is 57.2 Å². The van der Waals surface area contributed by atoms with Gasteiger partial charge in [-0.15, -0.1) is 0 Å². The summed E-state index contributed by atoms with van der Waals surface area (Å²) in [7, 11) is 0. The highest BCUT2D eigenvalue weighted by atomic mass is 19.4. The van der Waals surface area contributed by atoms with Crippen LogP contribution in [0.2, 0.25) is 0 Å². The van der Waals surface area contributed by atoms with Gasteiger partial charge in [-0.3, -0.25) is 0 Å². The molecule has 0 aromatic heterocycles. The molecule has 5 heteroatoms. The third-order valence-corrected chi connectivity index (χ3v) is 3.99. The average Bonchev–Trinajstić information content (AvgIpc) is 2.42. The second-order valence-corrected chi connectivity index (χ2v) is 5.67. The monoisotopic (exact) mass is 301 g/mol. The molecule has 0 saturated heterocycles. The van der Waals surface area contributed by atoms with E-state index in [1.165, 1.54) is 0 Å². The van der Waals surface area contributed by atoms with Gasteiger partial charge < -0.3 is 10.1 Å². The first-order valence-corrected chi connectivity index (χ1v) is 7.47. The summed E-state index contributed by atoms with van der Waals surface area (Å²) in [6.07, 6.45) is -2.55. The topological polar surface area (TPSA) is 21.3 Å². The molecule has 1 aliphatic rings. The number of benzene rings is 1. The van der Waals surface area contributed by atoms with Crippen molar-refractivity contribution in [3.63, 3.8) is 0 Å². The van der Waals surface area contributed by atoms with E-state index in [-0.39, 0.29) is 18.9 Å².